The smallest absolute Gasteiger partial charge is 0.161 e. The van der Waals surface area contributed by atoms with Crippen molar-refractivity contribution in [1.29, 1.82) is 0 Å². The molecule has 1 atom stereocenters. The van der Waals surface area contributed by atoms with Crippen LogP contribution in [0.3, 0.4) is 0 Å². The second kappa shape index (κ2) is 6.03. The Kier molecular flexibility index (Phi) is 4.12. The maximum absolute atomic E-state index is 14.1. The summed E-state index contributed by atoms with van der Waals surface area (Å²) >= 11 is 3.13. The lowest BCUT2D eigenvalue weighted by Crippen LogP contribution is -2.04. The standard InChI is InChI=1S/C16H14BrFO3/c17-12-4-1-3-11(15(12)18)16(19)10-5-6-13-14(9-10)21-8-2-7-20-13/h1,3-6,9,16,19H,2,7-8H2. The fourth-order valence-electron chi connectivity index (χ4n) is 2.26. The third-order valence-corrected chi connectivity index (χ3v) is 3.98. The van der Waals surface area contributed by atoms with Gasteiger partial charge in [0.25, 0.3) is 0 Å². The van der Waals surface area contributed by atoms with E-state index in [0.29, 0.717) is 34.7 Å². The molecular weight excluding hydrogens is 339 g/mol. The summed E-state index contributed by atoms with van der Waals surface area (Å²) in [6.07, 6.45) is -0.244. The molecule has 0 spiro atoms. The number of aliphatic hydroxyl groups is 1. The van der Waals surface area contributed by atoms with Gasteiger partial charge in [0.1, 0.15) is 11.9 Å². The van der Waals surface area contributed by atoms with Crippen LogP contribution >= 0.6 is 15.9 Å². The van der Waals surface area contributed by atoms with Crippen molar-refractivity contribution in [2.75, 3.05) is 13.2 Å². The number of hydrogen-bond donors (Lipinski definition) is 1. The van der Waals surface area contributed by atoms with E-state index in [9.17, 15) is 9.50 Å². The van der Waals surface area contributed by atoms with Gasteiger partial charge in [0.05, 0.1) is 17.7 Å². The molecule has 1 aliphatic rings. The van der Waals surface area contributed by atoms with Crippen LogP contribution in [0.2, 0.25) is 0 Å². The molecule has 2 aromatic carbocycles. The SMILES string of the molecule is OC(c1ccc2c(c1)OCCCO2)c1cccc(Br)c1F. The molecule has 2 aromatic rings. The summed E-state index contributed by atoms with van der Waals surface area (Å²) in [5.74, 6) is 0.773. The summed E-state index contributed by atoms with van der Waals surface area (Å²) < 4.78 is 25.5. The normalized spacial score (nSPS) is 15.4. The molecule has 1 heterocycles. The Bertz CT molecular complexity index is 660. The van der Waals surface area contributed by atoms with Gasteiger partial charge in [-0.2, -0.15) is 0 Å². The van der Waals surface area contributed by atoms with Crippen LogP contribution in [0.1, 0.15) is 23.7 Å². The van der Waals surface area contributed by atoms with E-state index >= 15 is 0 Å². The van der Waals surface area contributed by atoms with Crippen molar-refractivity contribution in [3.8, 4) is 11.5 Å². The van der Waals surface area contributed by atoms with Gasteiger partial charge in [-0.15, -0.1) is 0 Å². The van der Waals surface area contributed by atoms with E-state index in [1.165, 1.54) is 0 Å². The minimum absolute atomic E-state index is 0.221. The lowest BCUT2D eigenvalue weighted by molar-refractivity contribution is 0.214. The molecule has 110 valence electrons. The van der Waals surface area contributed by atoms with Crippen LogP contribution in [0.15, 0.2) is 40.9 Å². The monoisotopic (exact) mass is 352 g/mol. The Morgan fingerprint density at radius 3 is 2.67 bits per heavy atom. The van der Waals surface area contributed by atoms with E-state index in [4.69, 9.17) is 9.47 Å². The number of aliphatic hydroxyl groups excluding tert-OH is 1. The average molecular weight is 353 g/mol. The first-order chi connectivity index (χ1) is 10.2. The van der Waals surface area contributed by atoms with Crippen LogP contribution in [0, 0.1) is 5.82 Å². The second-order valence-corrected chi connectivity index (χ2v) is 5.66. The third-order valence-electron chi connectivity index (χ3n) is 3.36. The van der Waals surface area contributed by atoms with Crippen molar-refractivity contribution >= 4 is 15.9 Å². The maximum atomic E-state index is 14.1. The first-order valence-corrected chi connectivity index (χ1v) is 7.47. The quantitative estimate of drug-likeness (QED) is 0.892. The molecule has 0 bridgehead atoms. The predicted molar refractivity (Wildman–Crippen MR) is 80.2 cm³/mol. The Labute approximate surface area is 130 Å². The molecule has 1 N–H and O–H groups in total. The molecule has 0 radical (unpaired) electrons. The number of fused-ring (bicyclic) bond motifs is 1. The molecule has 5 heteroatoms. The highest BCUT2D eigenvalue weighted by Gasteiger charge is 2.19. The molecule has 3 rings (SSSR count). The minimum Gasteiger partial charge on any atom is -0.490 e. The van der Waals surface area contributed by atoms with Gasteiger partial charge in [-0.3, -0.25) is 0 Å². The van der Waals surface area contributed by atoms with Gasteiger partial charge >= 0.3 is 0 Å². The molecule has 1 aliphatic heterocycles. The van der Waals surface area contributed by atoms with Gasteiger partial charge in [-0.1, -0.05) is 18.2 Å². The van der Waals surface area contributed by atoms with E-state index < -0.39 is 11.9 Å². The van der Waals surface area contributed by atoms with Crippen LogP contribution in [0.5, 0.6) is 11.5 Å². The number of hydrogen-bond acceptors (Lipinski definition) is 3. The van der Waals surface area contributed by atoms with E-state index in [0.717, 1.165) is 6.42 Å². The lowest BCUT2D eigenvalue weighted by Gasteiger charge is -2.15. The van der Waals surface area contributed by atoms with Gasteiger partial charge in [0.2, 0.25) is 0 Å². The molecule has 0 aliphatic carbocycles. The van der Waals surface area contributed by atoms with Crippen molar-refractivity contribution in [2.24, 2.45) is 0 Å². The van der Waals surface area contributed by atoms with E-state index in [1.807, 2.05) is 0 Å². The van der Waals surface area contributed by atoms with E-state index in [2.05, 4.69) is 15.9 Å². The lowest BCUT2D eigenvalue weighted by atomic mass is 10.0. The topological polar surface area (TPSA) is 38.7 Å². The van der Waals surface area contributed by atoms with Crippen LogP contribution in [0.25, 0.3) is 0 Å². The predicted octanol–water partition coefficient (Wildman–Crippen LogP) is 3.83. The highest BCUT2D eigenvalue weighted by molar-refractivity contribution is 9.10. The van der Waals surface area contributed by atoms with Crippen molar-refractivity contribution in [3.05, 3.63) is 57.8 Å². The summed E-state index contributed by atoms with van der Waals surface area (Å²) in [7, 11) is 0. The Morgan fingerprint density at radius 1 is 1.10 bits per heavy atom. The minimum atomic E-state index is -1.06. The Morgan fingerprint density at radius 2 is 1.86 bits per heavy atom. The van der Waals surface area contributed by atoms with Crippen LogP contribution in [0.4, 0.5) is 4.39 Å². The Balaban J connectivity index is 1.96. The first kappa shape index (κ1) is 14.4. The van der Waals surface area contributed by atoms with Crippen LogP contribution in [-0.2, 0) is 0 Å². The van der Waals surface area contributed by atoms with Gasteiger partial charge < -0.3 is 14.6 Å². The van der Waals surface area contributed by atoms with Gasteiger partial charge in [-0.25, -0.2) is 4.39 Å². The van der Waals surface area contributed by atoms with Gasteiger partial charge in [-0.05, 0) is 39.7 Å². The summed E-state index contributed by atoms with van der Waals surface area (Å²) in [6, 6.07) is 10.0. The fourth-order valence-corrected chi connectivity index (χ4v) is 2.64. The molecule has 1 unspecified atom stereocenters. The number of halogens is 2. The first-order valence-electron chi connectivity index (χ1n) is 6.68. The summed E-state index contributed by atoms with van der Waals surface area (Å²) in [6.45, 7) is 1.17. The summed E-state index contributed by atoms with van der Waals surface area (Å²) in [4.78, 5) is 0. The van der Waals surface area contributed by atoms with Crippen LogP contribution < -0.4 is 9.47 Å². The molecule has 0 saturated carbocycles. The molecule has 3 nitrogen and oxygen atoms in total. The average Bonchev–Trinajstić information content (AvgIpc) is 2.74. The zero-order valence-corrected chi connectivity index (χ0v) is 12.8. The molecular formula is C16H14BrFO3. The fraction of sp³-hybridized carbons (Fsp3) is 0.250. The second-order valence-electron chi connectivity index (χ2n) is 4.80. The Hall–Kier alpha value is -1.59. The van der Waals surface area contributed by atoms with Crippen molar-refractivity contribution < 1.29 is 19.0 Å². The van der Waals surface area contributed by atoms with Crippen molar-refractivity contribution in [3.63, 3.8) is 0 Å². The highest BCUT2D eigenvalue weighted by Crippen LogP contribution is 2.35. The van der Waals surface area contributed by atoms with Gasteiger partial charge in [0.15, 0.2) is 11.5 Å². The number of ether oxygens (including phenoxy) is 2. The highest BCUT2D eigenvalue weighted by atomic mass is 79.9. The maximum Gasteiger partial charge on any atom is 0.161 e. The van der Waals surface area contributed by atoms with Crippen molar-refractivity contribution in [1.82, 2.24) is 0 Å². The zero-order chi connectivity index (χ0) is 14.8. The molecule has 0 amide bonds. The number of rotatable bonds is 2. The van der Waals surface area contributed by atoms with E-state index in [-0.39, 0.29) is 5.56 Å². The largest absolute Gasteiger partial charge is 0.490 e. The molecule has 21 heavy (non-hydrogen) atoms. The van der Waals surface area contributed by atoms with E-state index in [1.54, 1.807) is 36.4 Å². The van der Waals surface area contributed by atoms with Gasteiger partial charge in [0, 0.05) is 12.0 Å². The molecule has 0 fully saturated rings. The number of benzene rings is 2. The third kappa shape index (κ3) is 2.89. The summed E-state index contributed by atoms with van der Waals surface area (Å²) in [5, 5.41) is 10.4. The van der Waals surface area contributed by atoms with Crippen molar-refractivity contribution in [2.45, 2.75) is 12.5 Å². The molecule has 0 aromatic heterocycles. The summed E-state index contributed by atoms with van der Waals surface area (Å²) in [5.41, 5.74) is 0.787. The van der Waals surface area contributed by atoms with Crippen LogP contribution in [-0.4, -0.2) is 18.3 Å². The molecule has 0 saturated heterocycles. The zero-order valence-electron chi connectivity index (χ0n) is 11.2.